The Labute approximate surface area is 89.4 Å². The number of rotatable bonds is 6. The summed E-state index contributed by atoms with van der Waals surface area (Å²) in [5, 5.41) is 0. The van der Waals surface area contributed by atoms with E-state index in [0.717, 1.165) is 13.0 Å². The smallest absolute Gasteiger partial charge is 0.0985 e. The van der Waals surface area contributed by atoms with Gasteiger partial charge in [0.1, 0.15) is 0 Å². The number of aliphatic imine (C=N–C) groups is 1. The fraction of sp³-hybridized carbons (Fsp3) is 0.917. The fourth-order valence-corrected chi connectivity index (χ4v) is 1.64. The zero-order valence-corrected chi connectivity index (χ0v) is 10.5. The average Bonchev–Trinajstić information content (AvgIpc) is 2.23. The summed E-state index contributed by atoms with van der Waals surface area (Å²) >= 11 is 0. The second-order valence-corrected chi connectivity index (χ2v) is 3.80. The lowest BCUT2D eigenvalue weighted by Gasteiger charge is -2.31. The van der Waals surface area contributed by atoms with Gasteiger partial charge < -0.3 is 4.90 Å². The van der Waals surface area contributed by atoms with Crippen molar-refractivity contribution >= 4 is 5.84 Å². The molecule has 1 atom stereocenters. The number of unbranched alkanes of at least 4 members (excludes halogenated alkanes) is 1. The summed E-state index contributed by atoms with van der Waals surface area (Å²) in [6.07, 6.45) is 4.77. The van der Waals surface area contributed by atoms with Crippen molar-refractivity contribution in [1.82, 2.24) is 4.90 Å². The van der Waals surface area contributed by atoms with Crippen LogP contribution in [0.4, 0.5) is 0 Å². The summed E-state index contributed by atoms with van der Waals surface area (Å²) in [7, 11) is 1.90. The first-order valence-electron chi connectivity index (χ1n) is 5.93. The van der Waals surface area contributed by atoms with Crippen molar-refractivity contribution in [2.24, 2.45) is 4.99 Å². The summed E-state index contributed by atoms with van der Waals surface area (Å²) in [5.41, 5.74) is 0. The van der Waals surface area contributed by atoms with Crippen LogP contribution in [0.3, 0.4) is 0 Å². The third kappa shape index (κ3) is 4.12. The molecule has 0 aromatic heterocycles. The first-order chi connectivity index (χ1) is 6.71. The minimum absolute atomic E-state index is 0.625. The molecule has 84 valence electrons. The second kappa shape index (κ2) is 7.84. The van der Waals surface area contributed by atoms with Crippen LogP contribution in [-0.2, 0) is 0 Å². The molecule has 0 heterocycles. The Morgan fingerprint density at radius 1 is 1.29 bits per heavy atom. The van der Waals surface area contributed by atoms with Crippen LogP contribution < -0.4 is 0 Å². The lowest BCUT2D eigenvalue weighted by molar-refractivity contribution is 0.311. The summed E-state index contributed by atoms with van der Waals surface area (Å²) in [5.74, 6) is 1.26. The van der Waals surface area contributed by atoms with Gasteiger partial charge in [0.15, 0.2) is 0 Å². The highest BCUT2D eigenvalue weighted by Gasteiger charge is 2.13. The highest BCUT2D eigenvalue weighted by Crippen LogP contribution is 2.08. The van der Waals surface area contributed by atoms with Crippen LogP contribution in [0.15, 0.2) is 4.99 Å². The molecule has 2 heteroatoms. The van der Waals surface area contributed by atoms with Gasteiger partial charge in [0.2, 0.25) is 0 Å². The lowest BCUT2D eigenvalue weighted by atomic mass is 10.2. The summed E-state index contributed by atoms with van der Waals surface area (Å²) in [6.45, 7) is 10.1. The molecule has 14 heavy (non-hydrogen) atoms. The third-order valence-corrected chi connectivity index (χ3v) is 2.78. The van der Waals surface area contributed by atoms with E-state index >= 15 is 0 Å². The van der Waals surface area contributed by atoms with Gasteiger partial charge in [-0.05, 0) is 19.8 Å². The van der Waals surface area contributed by atoms with E-state index in [9.17, 15) is 0 Å². The van der Waals surface area contributed by atoms with E-state index in [1.54, 1.807) is 0 Å². The molecule has 0 rings (SSSR count). The number of amidine groups is 1. The zero-order valence-electron chi connectivity index (χ0n) is 10.5. The van der Waals surface area contributed by atoms with Gasteiger partial charge in [-0.25, -0.2) is 0 Å². The number of nitrogens with zero attached hydrogens (tertiary/aromatic N) is 2. The molecule has 0 aromatic rings. The van der Waals surface area contributed by atoms with Crippen molar-refractivity contribution in [1.29, 1.82) is 0 Å². The largest absolute Gasteiger partial charge is 0.358 e. The molecular weight excluding hydrogens is 172 g/mol. The number of hydrogen-bond acceptors (Lipinski definition) is 1. The molecule has 2 nitrogen and oxygen atoms in total. The van der Waals surface area contributed by atoms with Crippen molar-refractivity contribution < 1.29 is 0 Å². The topological polar surface area (TPSA) is 15.6 Å². The average molecular weight is 198 g/mol. The molecule has 0 saturated carbocycles. The predicted octanol–water partition coefficient (Wildman–Crippen LogP) is 3.33. The molecule has 0 saturated heterocycles. The maximum Gasteiger partial charge on any atom is 0.0985 e. The zero-order chi connectivity index (χ0) is 11.0. The highest BCUT2D eigenvalue weighted by atomic mass is 15.2. The Morgan fingerprint density at radius 3 is 2.29 bits per heavy atom. The third-order valence-electron chi connectivity index (χ3n) is 2.78. The monoisotopic (exact) mass is 198 g/mol. The van der Waals surface area contributed by atoms with Gasteiger partial charge in [-0.1, -0.05) is 27.2 Å². The van der Waals surface area contributed by atoms with E-state index in [-0.39, 0.29) is 0 Å². The van der Waals surface area contributed by atoms with Gasteiger partial charge in [-0.3, -0.25) is 4.99 Å². The Kier molecular flexibility index (Phi) is 7.54. The summed E-state index contributed by atoms with van der Waals surface area (Å²) < 4.78 is 0. The summed E-state index contributed by atoms with van der Waals surface area (Å²) in [4.78, 5) is 6.83. The SMILES string of the molecule is CCCCN(/C(CC)=N\C)C(C)CC. The molecule has 0 radical (unpaired) electrons. The Balaban J connectivity index is 4.36. The van der Waals surface area contributed by atoms with Crippen LogP contribution in [0.25, 0.3) is 0 Å². The van der Waals surface area contributed by atoms with Crippen LogP contribution in [0.5, 0.6) is 0 Å². The van der Waals surface area contributed by atoms with E-state index in [1.165, 1.54) is 25.1 Å². The molecule has 0 fully saturated rings. The van der Waals surface area contributed by atoms with E-state index < -0.39 is 0 Å². The van der Waals surface area contributed by atoms with Crippen LogP contribution in [0, 0.1) is 0 Å². The highest BCUT2D eigenvalue weighted by molar-refractivity contribution is 5.82. The molecule has 0 amide bonds. The molecule has 0 bridgehead atoms. The van der Waals surface area contributed by atoms with Gasteiger partial charge in [0.25, 0.3) is 0 Å². The maximum atomic E-state index is 4.37. The minimum Gasteiger partial charge on any atom is -0.358 e. The van der Waals surface area contributed by atoms with Gasteiger partial charge in [-0.2, -0.15) is 0 Å². The van der Waals surface area contributed by atoms with Gasteiger partial charge in [0, 0.05) is 26.1 Å². The van der Waals surface area contributed by atoms with Gasteiger partial charge in [-0.15, -0.1) is 0 Å². The van der Waals surface area contributed by atoms with E-state index in [2.05, 4.69) is 37.6 Å². The van der Waals surface area contributed by atoms with Crippen LogP contribution in [0.1, 0.15) is 53.4 Å². The standard InChI is InChI=1S/C12H26N2/c1-6-9-10-14(11(4)7-2)12(8-3)13-5/h11H,6-10H2,1-5H3/b13-12-. The van der Waals surface area contributed by atoms with Crippen molar-refractivity contribution in [2.75, 3.05) is 13.6 Å². The molecule has 0 N–H and O–H groups in total. The predicted molar refractivity (Wildman–Crippen MR) is 65.0 cm³/mol. The van der Waals surface area contributed by atoms with Crippen LogP contribution >= 0.6 is 0 Å². The van der Waals surface area contributed by atoms with Gasteiger partial charge >= 0.3 is 0 Å². The molecule has 0 aliphatic heterocycles. The van der Waals surface area contributed by atoms with Crippen molar-refractivity contribution in [3.63, 3.8) is 0 Å². The molecule has 0 aliphatic rings. The fourth-order valence-electron chi connectivity index (χ4n) is 1.64. The normalized spacial score (nSPS) is 14.2. The second-order valence-electron chi connectivity index (χ2n) is 3.80. The lowest BCUT2D eigenvalue weighted by Crippen LogP contribution is -2.38. The van der Waals surface area contributed by atoms with Crippen LogP contribution in [0.2, 0.25) is 0 Å². The Hall–Kier alpha value is -0.530. The molecule has 0 spiro atoms. The van der Waals surface area contributed by atoms with Crippen molar-refractivity contribution in [2.45, 2.75) is 59.4 Å². The van der Waals surface area contributed by atoms with Crippen molar-refractivity contribution in [3.8, 4) is 0 Å². The summed E-state index contributed by atoms with van der Waals surface area (Å²) in [6, 6.07) is 0.625. The maximum absolute atomic E-state index is 4.37. The van der Waals surface area contributed by atoms with Crippen LogP contribution in [-0.4, -0.2) is 30.4 Å². The molecular formula is C12H26N2. The first-order valence-corrected chi connectivity index (χ1v) is 5.93. The quantitative estimate of drug-likeness (QED) is 0.472. The molecule has 0 aromatic carbocycles. The molecule has 1 unspecified atom stereocenters. The van der Waals surface area contributed by atoms with E-state index in [1.807, 2.05) is 7.05 Å². The van der Waals surface area contributed by atoms with Crippen molar-refractivity contribution in [3.05, 3.63) is 0 Å². The molecule has 0 aliphatic carbocycles. The minimum atomic E-state index is 0.625. The first kappa shape index (κ1) is 13.5. The van der Waals surface area contributed by atoms with E-state index in [4.69, 9.17) is 0 Å². The number of hydrogen-bond donors (Lipinski definition) is 0. The van der Waals surface area contributed by atoms with E-state index in [0.29, 0.717) is 6.04 Å². The Bertz CT molecular complexity index is 164. The Morgan fingerprint density at radius 2 is 1.93 bits per heavy atom. The van der Waals surface area contributed by atoms with Gasteiger partial charge in [0.05, 0.1) is 5.84 Å².